The van der Waals surface area contributed by atoms with E-state index in [9.17, 15) is 9.59 Å². The zero-order valence-corrected chi connectivity index (χ0v) is 15.3. The normalized spacial score (nSPS) is 24.6. The molecule has 2 fully saturated rings. The van der Waals surface area contributed by atoms with Gasteiger partial charge in [0.1, 0.15) is 5.71 Å². The predicted molar refractivity (Wildman–Crippen MR) is 100 cm³/mol. The molecule has 1 heterocycles. The molecule has 1 saturated heterocycles. The molecule has 0 bridgehead atoms. The third-order valence-electron chi connectivity index (χ3n) is 5.05. The maximum atomic E-state index is 12.7. The molecule has 1 atom stereocenters. The Balaban J connectivity index is 1.67. The zero-order valence-electron chi connectivity index (χ0n) is 14.5. The van der Waals surface area contributed by atoms with Crippen molar-refractivity contribution in [3.05, 3.63) is 35.9 Å². The second-order valence-corrected chi connectivity index (χ2v) is 7.34. The van der Waals surface area contributed by atoms with Gasteiger partial charge in [-0.1, -0.05) is 62.4 Å². The van der Waals surface area contributed by atoms with Gasteiger partial charge in [-0.3, -0.25) is 19.5 Å². The van der Waals surface area contributed by atoms with E-state index in [4.69, 9.17) is 11.6 Å². The number of carbonyl (C=O) groups is 2. The third-order valence-corrected chi connectivity index (χ3v) is 5.44. The lowest BCUT2D eigenvalue weighted by Crippen LogP contribution is -2.33. The number of imide groups is 1. The average Bonchev–Trinajstić information content (AvgIpc) is 2.79. The summed E-state index contributed by atoms with van der Waals surface area (Å²) in [7, 11) is 0. The van der Waals surface area contributed by atoms with Crippen LogP contribution in [0.25, 0.3) is 0 Å². The van der Waals surface area contributed by atoms with Gasteiger partial charge in [-0.2, -0.15) is 0 Å². The highest BCUT2D eigenvalue weighted by atomic mass is 35.5. The van der Waals surface area contributed by atoms with Crippen molar-refractivity contribution in [2.45, 2.75) is 62.8 Å². The number of halogens is 1. The monoisotopic (exact) mass is 360 g/mol. The van der Waals surface area contributed by atoms with Gasteiger partial charge in [0.05, 0.1) is 6.04 Å². The molecule has 2 amide bonds. The summed E-state index contributed by atoms with van der Waals surface area (Å²) >= 11 is 6.25. The Morgan fingerprint density at radius 1 is 1.00 bits per heavy atom. The number of amides is 2. The molecule has 5 heteroatoms. The van der Waals surface area contributed by atoms with Crippen LogP contribution >= 0.6 is 11.6 Å². The van der Waals surface area contributed by atoms with E-state index < -0.39 is 5.38 Å². The fourth-order valence-electron chi connectivity index (χ4n) is 3.58. The van der Waals surface area contributed by atoms with Gasteiger partial charge in [0.2, 0.25) is 0 Å². The van der Waals surface area contributed by atoms with E-state index in [0.717, 1.165) is 31.2 Å². The number of hydrogen-bond acceptors (Lipinski definition) is 3. The maximum absolute atomic E-state index is 12.7. The molecule has 3 rings (SSSR count). The van der Waals surface area contributed by atoms with Crippen LogP contribution in [0.1, 0.15) is 50.5 Å². The lowest BCUT2D eigenvalue weighted by Gasteiger charge is -2.16. The van der Waals surface area contributed by atoms with Gasteiger partial charge in [-0.05, 0) is 24.8 Å². The first kappa shape index (κ1) is 18.1. The summed E-state index contributed by atoms with van der Waals surface area (Å²) in [6.07, 6.45) is 8.61. The summed E-state index contributed by atoms with van der Waals surface area (Å²) in [4.78, 5) is 31.0. The average molecular weight is 361 g/mol. The SMILES string of the molecule is O=C1C(=NC2CCCCCCC2)C(Cl)C(=O)N1CCc1ccccc1. The van der Waals surface area contributed by atoms with Crippen molar-refractivity contribution in [3.63, 3.8) is 0 Å². The highest BCUT2D eigenvalue weighted by molar-refractivity contribution is 6.63. The molecule has 4 nitrogen and oxygen atoms in total. The number of hydrogen-bond donors (Lipinski definition) is 0. The second-order valence-electron chi connectivity index (χ2n) is 6.91. The van der Waals surface area contributed by atoms with Gasteiger partial charge in [0.25, 0.3) is 11.8 Å². The molecule has 0 spiro atoms. The molecule has 134 valence electrons. The molecule has 2 aliphatic rings. The number of alkyl halides is 1. The quantitative estimate of drug-likeness (QED) is 0.606. The van der Waals surface area contributed by atoms with Crippen molar-refractivity contribution in [3.8, 4) is 0 Å². The van der Waals surface area contributed by atoms with Crippen molar-refractivity contribution in [2.24, 2.45) is 4.99 Å². The van der Waals surface area contributed by atoms with Crippen molar-refractivity contribution in [1.82, 2.24) is 4.90 Å². The smallest absolute Gasteiger partial charge is 0.276 e. The number of rotatable bonds is 4. The van der Waals surface area contributed by atoms with Gasteiger partial charge in [-0.25, -0.2) is 0 Å². The van der Waals surface area contributed by atoms with Crippen LogP contribution in [0.5, 0.6) is 0 Å². The highest BCUT2D eigenvalue weighted by Crippen LogP contribution is 2.23. The maximum Gasteiger partial charge on any atom is 0.276 e. The van der Waals surface area contributed by atoms with Gasteiger partial charge < -0.3 is 0 Å². The second kappa shape index (κ2) is 8.61. The van der Waals surface area contributed by atoms with Crippen molar-refractivity contribution in [2.75, 3.05) is 6.54 Å². The number of benzene rings is 1. The lowest BCUT2D eigenvalue weighted by molar-refractivity contribution is -0.136. The van der Waals surface area contributed by atoms with Crippen molar-refractivity contribution in [1.29, 1.82) is 0 Å². The van der Waals surface area contributed by atoms with Crippen LogP contribution in [0.4, 0.5) is 0 Å². The number of nitrogens with zero attached hydrogens (tertiary/aromatic N) is 2. The van der Waals surface area contributed by atoms with Crippen molar-refractivity contribution >= 4 is 29.1 Å². The number of likely N-dealkylation sites (tertiary alicyclic amines) is 1. The summed E-state index contributed by atoms with van der Waals surface area (Å²) in [5.74, 6) is -0.629. The largest absolute Gasteiger partial charge is 0.279 e. The molecule has 0 aromatic heterocycles. The van der Waals surface area contributed by atoms with Crippen LogP contribution in [-0.4, -0.2) is 40.4 Å². The Hall–Kier alpha value is -1.68. The predicted octanol–water partition coefficient (Wildman–Crippen LogP) is 3.76. The van der Waals surface area contributed by atoms with Crippen molar-refractivity contribution < 1.29 is 9.59 Å². The molecule has 1 aromatic carbocycles. The first-order valence-electron chi connectivity index (χ1n) is 9.28. The van der Waals surface area contributed by atoms with Crippen LogP contribution in [0.15, 0.2) is 35.3 Å². The Morgan fingerprint density at radius 2 is 1.64 bits per heavy atom. The fourth-order valence-corrected chi connectivity index (χ4v) is 3.85. The van der Waals surface area contributed by atoms with Crippen LogP contribution in [-0.2, 0) is 16.0 Å². The fraction of sp³-hybridized carbons (Fsp3) is 0.550. The molecule has 0 radical (unpaired) electrons. The summed E-state index contributed by atoms with van der Waals surface area (Å²) < 4.78 is 0. The van der Waals surface area contributed by atoms with Gasteiger partial charge >= 0.3 is 0 Å². The standard InChI is InChI=1S/C20H25ClN2O2/c21-17-18(22-16-11-7-2-1-3-8-12-16)20(25)23(19(17)24)14-13-15-9-5-4-6-10-15/h4-6,9-10,16-17H,1-3,7-8,11-14H2. The first-order valence-corrected chi connectivity index (χ1v) is 9.72. The van der Waals surface area contributed by atoms with E-state index in [-0.39, 0.29) is 23.6 Å². The minimum Gasteiger partial charge on any atom is -0.279 e. The summed E-state index contributed by atoms with van der Waals surface area (Å²) in [6.45, 7) is 0.356. The minimum absolute atomic E-state index is 0.127. The minimum atomic E-state index is -0.922. The molecule has 1 aliphatic carbocycles. The topological polar surface area (TPSA) is 49.7 Å². The van der Waals surface area contributed by atoms with Gasteiger partial charge in [-0.15, -0.1) is 11.6 Å². The lowest BCUT2D eigenvalue weighted by atomic mass is 9.97. The molecule has 25 heavy (non-hydrogen) atoms. The number of carbonyl (C=O) groups excluding carboxylic acids is 2. The summed E-state index contributed by atoms with van der Waals surface area (Å²) in [5.41, 5.74) is 1.35. The Morgan fingerprint density at radius 3 is 2.32 bits per heavy atom. The Bertz CT molecular complexity index is 636. The van der Waals surface area contributed by atoms with Crippen LogP contribution in [0.3, 0.4) is 0 Å². The summed E-state index contributed by atoms with van der Waals surface area (Å²) in [6, 6.07) is 9.97. The zero-order chi connectivity index (χ0) is 17.6. The molecule has 1 saturated carbocycles. The van der Waals surface area contributed by atoms with E-state index in [2.05, 4.69) is 4.99 Å². The first-order chi connectivity index (χ1) is 12.2. The Labute approximate surface area is 154 Å². The highest BCUT2D eigenvalue weighted by Gasteiger charge is 2.43. The molecule has 1 aromatic rings. The van der Waals surface area contributed by atoms with E-state index >= 15 is 0 Å². The van der Waals surface area contributed by atoms with E-state index in [1.807, 2.05) is 30.3 Å². The molecular weight excluding hydrogens is 336 g/mol. The summed E-state index contributed by atoms with van der Waals surface area (Å²) in [5, 5.41) is -0.922. The van der Waals surface area contributed by atoms with Crippen LogP contribution < -0.4 is 0 Å². The van der Waals surface area contributed by atoms with Crippen LogP contribution in [0.2, 0.25) is 0 Å². The molecular formula is C20H25ClN2O2. The van der Waals surface area contributed by atoms with E-state index in [0.29, 0.717) is 13.0 Å². The van der Waals surface area contributed by atoms with E-state index in [1.54, 1.807) is 0 Å². The third kappa shape index (κ3) is 4.49. The van der Waals surface area contributed by atoms with E-state index in [1.165, 1.54) is 24.2 Å². The molecule has 1 unspecified atom stereocenters. The van der Waals surface area contributed by atoms with Crippen LogP contribution in [0, 0.1) is 0 Å². The molecule has 0 N–H and O–H groups in total. The Kier molecular flexibility index (Phi) is 6.24. The number of aliphatic imine (C=N–C) groups is 1. The van der Waals surface area contributed by atoms with Gasteiger partial charge in [0, 0.05) is 6.54 Å². The van der Waals surface area contributed by atoms with Gasteiger partial charge in [0.15, 0.2) is 5.38 Å². The molecule has 1 aliphatic heterocycles.